The van der Waals surface area contributed by atoms with Crippen molar-refractivity contribution in [3.8, 4) is 5.75 Å². The van der Waals surface area contributed by atoms with Crippen LogP contribution in [0.15, 0.2) is 29.3 Å². The first kappa shape index (κ1) is 18.5. The molecule has 1 saturated heterocycles. The normalized spacial score (nSPS) is 22.2. The van der Waals surface area contributed by atoms with Gasteiger partial charge in [-0.15, -0.1) is 0 Å². The van der Waals surface area contributed by atoms with Crippen LogP contribution in [-0.4, -0.2) is 50.0 Å². The predicted molar refractivity (Wildman–Crippen MR) is 95.5 cm³/mol. The van der Waals surface area contributed by atoms with Crippen LogP contribution in [0, 0.1) is 0 Å². The second-order valence-electron chi connectivity index (χ2n) is 6.27. The third kappa shape index (κ3) is 5.39. The van der Waals surface area contributed by atoms with E-state index in [1.54, 1.807) is 7.11 Å². The average Bonchev–Trinajstić information content (AvgIpc) is 3.04. The molecule has 24 heavy (non-hydrogen) atoms. The fourth-order valence-electron chi connectivity index (χ4n) is 2.71. The number of aliphatic hydroxyl groups is 1. The van der Waals surface area contributed by atoms with Crippen molar-refractivity contribution in [2.24, 2.45) is 4.99 Å². The van der Waals surface area contributed by atoms with E-state index in [2.05, 4.69) is 22.5 Å². The zero-order chi connectivity index (χ0) is 17.4. The highest BCUT2D eigenvalue weighted by atomic mass is 16.5. The summed E-state index contributed by atoms with van der Waals surface area (Å²) in [5, 5.41) is 16.8. The fourth-order valence-corrected chi connectivity index (χ4v) is 2.71. The SMILES string of the molecule is CCNC(=NCC1(C)CCCO1)NCC(O)c1cccc(OC)c1. The fraction of sp³-hybridized carbons (Fsp3) is 0.611. The molecule has 6 heteroatoms. The molecule has 134 valence electrons. The summed E-state index contributed by atoms with van der Waals surface area (Å²) in [5.41, 5.74) is 0.636. The van der Waals surface area contributed by atoms with Gasteiger partial charge in [-0.05, 0) is 44.4 Å². The molecule has 0 spiro atoms. The van der Waals surface area contributed by atoms with Crippen molar-refractivity contribution in [2.75, 3.05) is 33.4 Å². The molecule has 0 aromatic heterocycles. The third-order valence-electron chi connectivity index (χ3n) is 4.16. The molecular formula is C18H29N3O3. The summed E-state index contributed by atoms with van der Waals surface area (Å²) >= 11 is 0. The molecule has 1 aromatic rings. The average molecular weight is 335 g/mol. The van der Waals surface area contributed by atoms with Gasteiger partial charge in [0.1, 0.15) is 5.75 Å². The monoisotopic (exact) mass is 335 g/mol. The summed E-state index contributed by atoms with van der Waals surface area (Å²) in [4.78, 5) is 4.60. The lowest BCUT2D eigenvalue weighted by Gasteiger charge is -2.22. The smallest absolute Gasteiger partial charge is 0.191 e. The molecule has 6 nitrogen and oxygen atoms in total. The maximum absolute atomic E-state index is 10.4. The molecule has 1 aliphatic heterocycles. The van der Waals surface area contributed by atoms with Gasteiger partial charge in [0.05, 0.1) is 25.4 Å². The van der Waals surface area contributed by atoms with Crippen LogP contribution in [0.25, 0.3) is 0 Å². The second-order valence-corrected chi connectivity index (χ2v) is 6.27. The Balaban J connectivity index is 1.92. The van der Waals surface area contributed by atoms with Crippen molar-refractivity contribution < 1.29 is 14.6 Å². The van der Waals surface area contributed by atoms with Crippen LogP contribution < -0.4 is 15.4 Å². The third-order valence-corrected chi connectivity index (χ3v) is 4.16. The molecule has 1 aromatic carbocycles. The number of nitrogens with zero attached hydrogens (tertiary/aromatic N) is 1. The Bertz CT molecular complexity index is 542. The van der Waals surface area contributed by atoms with Gasteiger partial charge in [0.2, 0.25) is 0 Å². The largest absolute Gasteiger partial charge is 0.497 e. The Kier molecular flexibility index (Phi) is 6.87. The number of benzene rings is 1. The Hall–Kier alpha value is -1.79. The molecule has 0 aliphatic carbocycles. The first-order chi connectivity index (χ1) is 11.6. The quantitative estimate of drug-likeness (QED) is 0.524. The zero-order valence-electron chi connectivity index (χ0n) is 14.8. The molecule has 2 atom stereocenters. The van der Waals surface area contributed by atoms with E-state index in [0.29, 0.717) is 19.0 Å². The van der Waals surface area contributed by atoms with Crippen LogP contribution >= 0.6 is 0 Å². The van der Waals surface area contributed by atoms with Gasteiger partial charge in [-0.3, -0.25) is 4.99 Å². The Labute approximate surface area is 144 Å². The van der Waals surface area contributed by atoms with Gasteiger partial charge in [0.15, 0.2) is 5.96 Å². The molecule has 1 fully saturated rings. The first-order valence-electron chi connectivity index (χ1n) is 8.54. The molecule has 2 unspecified atom stereocenters. The maximum atomic E-state index is 10.4. The molecule has 0 saturated carbocycles. The van der Waals surface area contributed by atoms with Crippen molar-refractivity contribution in [3.63, 3.8) is 0 Å². The Morgan fingerprint density at radius 2 is 2.29 bits per heavy atom. The summed E-state index contributed by atoms with van der Waals surface area (Å²) in [5.74, 6) is 1.43. The van der Waals surface area contributed by atoms with Crippen molar-refractivity contribution >= 4 is 5.96 Å². The molecule has 0 amide bonds. The minimum atomic E-state index is -0.637. The van der Waals surface area contributed by atoms with E-state index in [4.69, 9.17) is 9.47 Å². The van der Waals surface area contributed by atoms with Gasteiger partial charge >= 0.3 is 0 Å². The summed E-state index contributed by atoms with van der Waals surface area (Å²) in [6.45, 7) is 6.67. The predicted octanol–water partition coefficient (Wildman–Crippen LogP) is 1.85. The molecule has 2 rings (SSSR count). The van der Waals surface area contributed by atoms with Crippen molar-refractivity contribution in [2.45, 2.75) is 38.4 Å². The summed E-state index contributed by atoms with van der Waals surface area (Å²) in [6.07, 6.45) is 1.48. The highest BCUT2D eigenvalue weighted by molar-refractivity contribution is 5.79. The lowest BCUT2D eigenvalue weighted by atomic mass is 10.0. The minimum absolute atomic E-state index is 0.173. The summed E-state index contributed by atoms with van der Waals surface area (Å²) in [7, 11) is 1.62. The van der Waals surface area contributed by atoms with Crippen molar-refractivity contribution in [3.05, 3.63) is 29.8 Å². The second kappa shape index (κ2) is 8.89. The summed E-state index contributed by atoms with van der Waals surface area (Å²) < 4.78 is 11.0. The zero-order valence-corrected chi connectivity index (χ0v) is 14.8. The number of rotatable bonds is 7. The number of hydrogen-bond donors (Lipinski definition) is 3. The van der Waals surface area contributed by atoms with Crippen LogP contribution in [0.2, 0.25) is 0 Å². The highest BCUT2D eigenvalue weighted by Gasteiger charge is 2.29. The van der Waals surface area contributed by atoms with Crippen molar-refractivity contribution in [1.82, 2.24) is 10.6 Å². The van der Waals surface area contributed by atoms with Crippen LogP contribution in [-0.2, 0) is 4.74 Å². The van der Waals surface area contributed by atoms with Gasteiger partial charge in [0.25, 0.3) is 0 Å². The van der Waals surface area contributed by atoms with Crippen LogP contribution in [0.4, 0.5) is 0 Å². The van der Waals surface area contributed by atoms with Gasteiger partial charge in [-0.25, -0.2) is 0 Å². The number of aliphatic hydroxyl groups excluding tert-OH is 1. The molecule has 0 bridgehead atoms. The molecule has 0 radical (unpaired) electrons. The Morgan fingerprint density at radius 1 is 1.46 bits per heavy atom. The van der Waals surface area contributed by atoms with E-state index >= 15 is 0 Å². The number of ether oxygens (including phenoxy) is 2. The van der Waals surface area contributed by atoms with Gasteiger partial charge in [-0.1, -0.05) is 12.1 Å². The number of nitrogens with one attached hydrogen (secondary N) is 2. The number of hydrogen-bond acceptors (Lipinski definition) is 4. The lowest BCUT2D eigenvalue weighted by Crippen LogP contribution is -2.41. The van der Waals surface area contributed by atoms with Crippen molar-refractivity contribution in [1.29, 1.82) is 0 Å². The molecule has 1 heterocycles. The van der Waals surface area contributed by atoms with E-state index in [0.717, 1.165) is 37.3 Å². The molecule has 1 aliphatic rings. The first-order valence-corrected chi connectivity index (χ1v) is 8.54. The molecule has 3 N–H and O–H groups in total. The summed E-state index contributed by atoms with van der Waals surface area (Å²) in [6, 6.07) is 7.45. The maximum Gasteiger partial charge on any atom is 0.191 e. The number of aliphatic imine (C=N–C) groups is 1. The molecular weight excluding hydrogens is 306 g/mol. The van der Waals surface area contributed by atoms with Gasteiger partial charge in [0, 0.05) is 19.7 Å². The van der Waals surface area contributed by atoms with E-state index in [1.165, 1.54) is 0 Å². The van der Waals surface area contributed by atoms with Gasteiger partial charge < -0.3 is 25.2 Å². The van der Waals surface area contributed by atoms with E-state index < -0.39 is 6.10 Å². The highest BCUT2D eigenvalue weighted by Crippen LogP contribution is 2.25. The lowest BCUT2D eigenvalue weighted by molar-refractivity contribution is 0.0283. The minimum Gasteiger partial charge on any atom is -0.497 e. The number of methoxy groups -OCH3 is 1. The van der Waals surface area contributed by atoms with Gasteiger partial charge in [-0.2, -0.15) is 0 Å². The van der Waals surface area contributed by atoms with Crippen LogP contribution in [0.3, 0.4) is 0 Å². The van der Waals surface area contributed by atoms with E-state index in [1.807, 2.05) is 31.2 Å². The standard InChI is InChI=1S/C18H29N3O3/c1-4-19-17(21-13-18(2)9-6-10-24-18)20-12-16(22)14-7-5-8-15(11-14)23-3/h5,7-8,11,16,22H,4,6,9-10,12-13H2,1-3H3,(H2,19,20,21). The van der Waals surface area contributed by atoms with Crippen LogP contribution in [0.1, 0.15) is 38.4 Å². The number of guanidine groups is 1. The Morgan fingerprint density at radius 3 is 2.96 bits per heavy atom. The topological polar surface area (TPSA) is 75.1 Å². The van der Waals surface area contributed by atoms with E-state index in [9.17, 15) is 5.11 Å². The van der Waals surface area contributed by atoms with Crippen LogP contribution in [0.5, 0.6) is 5.75 Å². The van der Waals surface area contributed by atoms with E-state index in [-0.39, 0.29) is 5.60 Å².